The van der Waals surface area contributed by atoms with Crippen molar-refractivity contribution in [3.05, 3.63) is 64.7 Å². The van der Waals surface area contributed by atoms with Crippen LogP contribution in [0, 0.1) is 11.8 Å². The topological polar surface area (TPSA) is 144 Å². The first-order chi connectivity index (χ1) is 17.9. The van der Waals surface area contributed by atoms with E-state index in [4.69, 9.17) is 9.94 Å². The molecule has 2 aromatic carbocycles. The van der Waals surface area contributed by atoms with Gasteiger partial charge in [0.1, 0.15) is 5.75 Å². The smallest absolute Gasteiger partial charge is 0.322 e. The van der Waals surface area contributed by atoms with Crippen molar-refractivity contribution in [1.82, 2.24) is 26.3 Å². The normalized spacial score (nSPS) is 16.4. The predicted molar refractivity (Wildman–Crippen MR) is 138 cm³/mol. The van der Waals surface area contributed by atoms with Crippen LogP contribution in [0.3, 0.4) is 0 Å². The largest absolute Gasteiger partial charge is 0.497 e. The highest BCUT2D eigenvalue weighted by Gasteiger charge is 2.27. The van der Waals surface area contributed by atoms with Crippen LogP contribution < -0.4 is 26.2 Å². The Labute approximate surface area is 215 Å². The number of nitrogens with one attached hydrogen (secondary N) is 4. The number of urea groups is 1. The first kappa shape index (κ1) is 27.2. The number of rotatable bonds is 5. The second kappa shape index (κ2) is 13.1. The number of ether oxygens (including phenoxy) is 1. The Balaban J connectivity index is 0.000000231. The fraction of sp³-hybridized carbons (Fsp3) is 0.308. The maximum absolute atomic E-state index is 11.7. The number of methoxy groups -OCH3 is 1. The van der Waals surface area contributed by atoms with Gasteiger partial charge in [0.2, 0.25) is 0 Å². The Morgan fingerprint density at radius 1 is 1.22 bits per heavy atom. The lowest BCUT2D eigenvalue weighted by molar-refractivity contribution is -0.119. The molecule has 2 aliphatic heterocycles. The first-order valence-electron chi connectivity index (χ1n) is 11.6. The van der Waals surface area contributed by atoms with E-state index in [1.165, 1.54) is 0 Å². The second-order valence-corrected chi connectivity index (χ2v) is 8.19. The molecule has 0 saturated carbocycles. The monoisotopic (exact) mass is 506 g/mol. The molecule has 0 bridgehead atoms. The molecule has 37 heavy (non-hydrogen) atoms. The van der Waals surface area contributed by atoms with Crippen molar-refractivity contribution in [3.63, 3.8) is 0 Å². The van der Waals surface area contributed by atoms with E-state index in [1.807, 2.05) is 32.3 Å². The van der Waals surface area contributed by atoms with Gasteiger partial charge < -0.3 is 20.3 Å². The highest BCUT2D eigenvalue weighted by molar-refractivity contribution is 6.06. The van der Waals surface area contributed by atoms with Crippen molar-refractivity contribution in [2.24, 2.45) is 4.99 Å². The van der Waals surface area contributed by atoms with Gasteiger partial charge in [0.05, 0.1) is 13.7 Å². The maximum Gasteiger partial charge on any atom is 0.322 e. The summed E-state index contributed by atoms with van der Waals surface area (Å²) < 4.78 is 5.12. The van der Waals surface area contributed by atoms with Crippen LogP contribution in [-0.2, 0) is 11.2 Å². The minimum absolute atomic E-state index is 0.105. The van der Waals surface area contributed by atoms with Crippen molar-refractivity contribution in [3.8, 4) is 17.6 Å². The molecule has 194 valence electrons. The van der Waals surface area contributed by atoms with Crippen LogP contribution in [0.5, 0.6) is 5.75 Å². The van der Waals surface area contributed by atoms with E-state index in [-0.39, 0.29) is 5.91 Å². The van der Waals surface area contributed by atoms with Crippen molar-refractivity contribution >= 4 is 23.7 Å². The van der Waals surface area contributed by atoms with Crippen LogP contribution in [-0.4, -0.2) is 80.7 Å². The number of nitrogens with zero attached hydrogens (tertiary/aromatic N) is 2. The molecule has 5 N–H and O–H groups in total. The number of hydroxylamine groups is 1. The number of imide groups is 1. The molecule has 11 nitrogen and oxygen atoms in total. The van der Waals surface area contributed by atoms with Gasteiger partial charge in [0.25, 0.3) is 11.8 Å². The highest BCUT2D eigenvalue weighted by Crippen LogP contribution is 2.22. The van der Waals surface area contributed by atoms with Crippen molar-refractivity contribution in [1.29, 1.82) is 0 Å². The van der Waals surface area contributed by atoms with Gasteiger partial charge in [-0.1, -0.05) is 11.8 Å². The van der Waals surface area contributed by atoms with Gasteiger partial charge in [0, 0.05) is 36.8 Å². The number of aliphatic imine (C=N–C) groups is 1. The molecular formula is C26H30N6O5. The van der Waals surface area contributed by atoms with Gasteiger partial charge in [0.15, 0.2) is 11.9 Å². The summed E-state index contributed by atoms with van der Waals surface area (Å²) in [6.45, 7) is 2.01. The molecule has 2 heterocycles. The minimum Gasteiger partial charge on any atom is -0.497 e. The average Bonchev–Trinajstić information content (AvgIpc) is 3.24. The van der Waals surface area contributed by atoms with E-state index in [0.717, 1.165) is 29.8 Å². The van der Waals surface area contributed by atoms with Crippen LogP contribution in [0.4, 0.5) is 4.79 Å². The third-order valence-corrected chi connectivity index (χ3v) is 5.64. The predicted octanol–water partition coefficient (Wildman–Crippen LogP) is 0.514. The van der Waals surface area contributed by atoms with Crippen LogP contribution in [0.25, 0.3) is 0 Å². The Morgan fingerprint density at radius 3 is 2.59 bits per heavy atom. The fourth-order valence-corrected chi connectivity index (χ4v) is 3.56. The van der Waals surface area contributed by atoms with E-state index >= 15 is 0 Å². The Kier molecular flexibility index (Phi) is 9.60. The Morgan fingerprint density at radius 2 is 1.97 bits per heavy atom. The summed E-state index contributed by atoms with van der Waals surface area (Å²) in [5.41, 5.74) is 5.35. The third kappa shape index (κ3) is 7.30. The molecule has 4 rings (SSSR count). The molecule has 1 unspecified atom stereocenters. The summed E-state index contributed by atoms with van der Waals surface area (Å²) in [6.07, 6.45) is 0.911. The van der Waals surface area contributed by atoms with Gasteiger partial charge in [-0.3, -0.25) is 30.6 Å². The molecule has 1 fully saturated rings. The lowest BCUT2D eigenvalue weighted by Crippen LogP contribution is -2.34. The van der Waals surface area contributed by atoms with E-state index in [9.17, 15) is 14.4 Å². The Hall–Kier alpha value is -4.40. The summed E-state index contributed by atoms with van der Waals surface area (Å²) in [7, 11) is 5.29. The molecule has 2 aliphatic rings. The summed E-state index contributed by atoms with van der Waals surface area (Å²) >= 11 is 0. The zero-order valence-corrected chi connectivity index (χ0v) is 20.9. The van der Waals surface area contributed by atoms with Gasteiger partial charge in [-0.2, -0.15) is 0 Å². The number of amidine groups is 1. The van der Waals surface area contributed by atoms with E-state index in [1.54, 1.807) is 36.3 Å². The highest BCUT2D eigenvalue weighted by atomic mass is 16.5. The zero-order valence-electron chi connectivity index (χ0n) is 20.9. The molecule has 2 aromatic rings. The number of likely N-dealkylation sites (N-methyl/N-ethyl adjacent to an activating group) is 2. The number of hydrogen-bond acceptors (Lipinski definition) is 7. The number of hydrogen-bond donors (Lipinski definition) is 5. The fourth-order valence-electron chi connectivity index (χ4n) is 3.56. The van der Waals surface area contributed by atoms with E-state index < -0.39 is 18.0 Å². The number of carbonyl (C=O) groups is 3. The molecule has 0 aromatic heterocycles. The second-order valence-electron chi connectivity index (χ2n) is 8.19. The molecule has 1 atom stereocenters. The van der Waals surface area contributed by atoms with Crippen molar-refractivity contribution < 1.29 is 24.3 Å². The van der Waals surface area contributed by atoms with Crippen LogP contribution in [0.2, 0.25) is 0 Å². The molecule has 0 aliphatic carbocycles. The summed E-state index contributed by atoms with van der Waals surface area (Å²) in [6, 6.07) is 11.2. The summed E-state index contributed by atoms with van der Waals surface area (Å²) in [5.74, 6) is 6.33. The van der Waals surface area contributed by atoms with Crippen LogP contribution >= 0.6 is 0 Å². The number of carbonyl (C=O) groups excluding carboxylic acids is 3. The maximum atomic E-state index is 11.7. The molecule has 11 heteroatoms. The van der Waals surface area contributed by atoms with Crippen molar-refractivity contribution in [2.75, 3.05) is 40.8 Å². The summed E-state index contributed by atoms with van der Waals surface area (Å²) in [4.78, 5) is 40.0. The van der Waals surface area contributed by atoms with Gasteiger partial charge in [-0.25, -0.2) is 4.79 Å². The average molecular weight is 507 g/mol. The van der Waals surface area contributed by atoms with Gasteiger partial charge >= 0.3 is 6.03 Å². The molecule has 1 saturated heterocycles. The molecular weight excluding hydrogens is 476 g/mol. The third-order valence-electron chi connectivity index (χ3n) is 5.64. The lowest BCUT2D eigenvalue weighted by Gasteiger charge is -2.24. The standard InChI is InChI=1S/C15H17N5O3.C11H13NO2/c1-16-8-9-17-13(20-23)11-5-2-10(3-6-11)4-7-12-14(21)19-15(22)18-12;1-12-6-5-8-7-9(14-2)3-4-10(8)11(12)13/h2-3,5-6,12,16,23H,8-9H2,1H3,(H,17,20)(H2,18,19,21,22);3-4,7H,5-6H2,1-2H3. The number of amides is 4. The van der Waals surface area contributed by atoms with E-state index in [2.05, 4.69) is 38.3 Å². The number of fused-ring (bicyclic) bond motifs is 1. The minimum atomic E-state index is -0.833. The number of benzene rings is 2. The zero-order chi connectivity index (χ0) is 26.8. The quantitative estimate of drug-likeness (QED) is 0.0993. The SMILES string of the molecule is CNCCN=C(NO)c1ccc(C#CC2NC(=O)NC2=O)cc1.COc1ccc2c(c1)CCN(C)C2=O. The van der Waals surface area contributed by atoms with Gasteiger partial charge in [-0.05, 0) is 61.5 Å². The molecule has 0 radical (unpaired) electrons. The lowest BCUT2D eigenvalue weighted by atomic mass is 9.99. The van der Waals surface area contributed by atoms with Crippen LogP contribution in [0.1, 0.15) is 27.0 Å². The molecule has 0 spiro atoms. The van der Waals surface area contributed by atoms with Crippen molar-refractivity contribution in [2.45, 2.75) is 12.5 Å². The first-order valence-corrected chi connectivity index (χ1v) is 11.6. The molecule has 4 amide bonds. The van der Waals surface area contributed by atoms with E-state index in [0.29, 0.717) is 30.1 Å². The Bertz CT molecular complexity index is 1230. The van der Waals surface area contributed by atoms with Gasteiger partial charge in [-0.15, -0.1) is 0 Å². The summed E-state index contributed by atoms with van der Waals surface area (Å²) in [5, 5.41) is 16.6. The van der Waals surface area contributed by atoms with Crippen LogP contribution in [0.15, 0.2) is 47.5 Å².